The van der Waals surface area contributed by atoms with Crippen LogP contribution in [0.5, 0.6) is 0 Å². The van der Waals surface area contributed by atoms with Crippen LogP contribution in [0.25, 0.3) is 0 Å². The first-order valence-corrected chi connectivity index (χ1v) is 8.05. The summed E-state index contributed by atoms with van der Waals surface area (Å²) in [4.78, 5) is 25.6. The van der Waals surface area contributed by atoms with Crippen LogP contribution < -0.4 is 10.6 Å². The van der Waals surface area contributed by atoms with Crippen molar-refractivity contribution in [2.75, 3.05) is 26.0 Å². The van der Waals surface area contributed by atoms with Crippen molar-refractivity contribution in [3.8, 4) is 0 Å². The number of nitrogens with zero attached hydrogens (tertiary/aromatic N) is 1. The second-order valence-corrected chi connectivity index (χ2v) is 6.10. The van der Waals surface area contributed by atoms with Gasteiger partial charge < -0.3 is 15.5 Å². The predicted molar refractivity (Wildman–Crippen MR) is 88.7 cm³/mol. The summed E-state index contributed by atoms with van der Waals surface area (Å²) in [6, 6.07) is 4.54. The zero-order valence-electron chi connectivity index (χ0n) is 13.2. The molecule has 2 N–H and O–H groups in total. The number of nitrogens with one attached hydrogen (secondary N) is 2. The number of rotatable bonds is 5. The maximum absolute atomic E-state index is 13.5. The van der Waals surface area contributed by atoms with Crippen molar-refractivity contribution in [1.29, 1.82) is 0 Å². The molecule has 1 atom stereocenters. The third-order valence-electron chi connectivity index (χ3n) is 3.39. The van der Waals surface area contributed by atoms with E-state index in [4.69, 9.17) is 0 Å². The largest absolute Gasteiger partial charge is 0.346 e. The van der Waals surface area contributed by atoms with Crippen LogP contribution in [0.15, 0.2) is 35.0 Å². The molecule has 24 heavy (non-hydrogen) atoms. The lowest BCUT2D eigenvalue weighted by molar-refractivity contribution is -0.136. The molecule has 0 aliphatic carbocycles. The lowest BCUT2D eigenvalue weighted by atomic mass is 10.1. The van der Waals surface area contributed by atoms with Gasteiger partial charge in [0.2, 0.25) is 0 Å². The molecule has 0 fully saturated rings. The zero-order chi connectivity index (χ0) is 17.7. The molecule has 2 amide bonds. The first-order chi connectivity index (χ1) is 11.4. The summed E-state index contributed by atoms with van der Waals surface area (Å²) in [6.45, 7) is 0.224. The van der Waals surface area contributed by atoms with E-state index in [9.17, 15) is 18.4 Å². The molecular formula is C16H17F2N3O2S. The number of hydrogen-bond donors (Lipinski definition) is 2. The Bertz CT molecular complexity index is 720. The first kappa shape index (κ1) is 18.0. The molecule has 0 aliphatic rings. The lowest BCUT2D eigenvalue weighted by Gasteiger charge is -2.23. The fourth-order valence-electron chi connectivity index (χ4n) is 2.10. The topological polar surface area (TPSA) is 61.4 Å². The van der Waals surface area contributed by atoms with Crippen molar-refractivity contribution in [3.05, 3.63) is 52.2 Å². The Labute approximate surface area is 142 Å². The van der Waals surface area contributed by atoms with Crippen molar-refractivity contribution < 1.29 is 18.4 Å². The van der Waals surface area contributed by atoms with E-state index in [2.05, 4.69) is 10.6 Å². The Morgan fingerprint density at radius 3 is 2.54 bits per heavy atom. The molecule has 2 aromatic rings. The Hall–Kier alpha value is -2.32. The number of benzene rings is 1. The SMILES string of the molecule is CN(C)C(CNC(=O)C(=O)Nc1ccc(F)cc1F)c1ccsc1. The van der Waals surface area contributed by atoms with Crippen LogP contribution >= 0.6 is 11.3 Å². The molecule has 128 valence electrons. The quantitative estimate of drug-likeness (QED) is 0.812. The number of amides is 2. The lowest BCUT2D eigenvalue weighted by Crippen LogP contribution is -2.40. The van der Waals surface area contributed by atoms with E-state index in [0.29, 0.717) is 6.07 Å². The monoisotopic (exact) mass is 353 g/mol. The highest BCUT2D eigenvalue weighted by Gasteiger charge is 2.20. The molecule has 1 aromatic carbocycles. The Kier molecular flexibility index (Phi) is 5.99. The van der Waals surface area contributed by atoms with E-state index in [1.54, 1.807) is 0 Å². The van der Waals surface area contributed by atoms with Gasteiger partial charge in [-0.05, 0) is 48.6 Å². The van der Waals surface area contributed by atoms with Gasteiger partial charge in [0.15, 0.2) is 0 Å². The number of likely N-dealkylation sites (N-methyl/N-ethyl adjacent to an activating group) is 1. The smallest absolute Gasteiger partial charge is 0.313 e. The van der Waals surface area contributed by atoms with Gasteiger partial charge in [-0.15, -0.1) is 0 Å². The summed E-state index contributed by atoms with van der Waals surface area (Å²) in [5.74, 6) is -3.61. The number of thiophene rings is 1. The summed E-state index contributed by atoms with van der Waals surface area (Å²) in [6.07, 6.45) is 0. The second-order valence-electron chi connectivity index (χ2n) is 5.32. The van der Waals surface area contributed by atoms with Gasteiger partial charge in [0.1, 0.15) is 11.6 Å². The van der Waals surface area contributed by atoms with Gasteiger partial charge >= 0.3 is 11.8 Å². The van der Waals surface area contributed by atoms with E-state index >= 15 is 0 Å². The number of anilines is 1. The van der Waals surface area contributed by atoms with Gasteiger partial charge in [0.25, 0.3) is 0 Å². The molecule has 0 saturated carbocycles. The molecule has 0 saturated heterocycles. The van der Waals surface area contributed by atoms with Gasteiger partial charge in [-0.3, -0.25) is 9.59 Å². The van der Waals surface area contributed by atoms with Gasteiger partial charge in [-0.1, -0.05) is 0 Å². The fraction of sp³-hybridized carbons (Fsp3) is 0.250. The molecule has 5 nitrogen and oxygen atoms in total. The number of carbonyl (C=O) groups is 2. The highest BCUT2D eigenvalue weighted by atomic mass is 32.1. The van der Waals surface area contributed by atoms with Gasteiger partial charge in [-0.25, -0.2) is 8.78 Å². The summed E-state index contributed by atoms with van der Waals surface area (Å²) >= 11 is 1.54. The third kappa shape index (κ3) is 4.59. The normalized spacial score (nSPS) is 12.0. The number of hydrogen-bond acceptors (Lipinski definition) is 4. The second kappa shape index (κ2) is 7.98. The molecule has 8 heteroatoms. The highest BCUT2D eigenvalue weighted by molar-refractivity contribution is 7.07. The van der Waals surface area contributed by atoms with Crippen LogP contribution in [0.3, 0.4) is 0 Å². The van der Waals surface area contributed by atoms with Crippen molar-refractivity contribution in [2.45, 2.75) is 6.04 Å². The van der Waals surface area contributed by atoms with Gasteiger partial charge in [0.05, 0.1) is 11.7 Å². The molecular weight excluding hydrogens is 336 g/mol. The Morgan fingerprint density at radius 2 is 1.96 bits per heavy atom. The Balaban J connectivity index is 1.95. The van der Waals surface area contributed by atoms with Crippen molar-refractivity contribution in [1.82, 2.24) is 10.2 Å². The summed E-state index contributed by atoms with van der Waals surface area (Å²) in [7, 11) is 3.73. The highest BCUT2D eigenvalue weighted by Crippen LogP contribution is 2.20. The van der Waals surface area contributed by atoms with Crippen LogP contribution in [-0.2, 0) is 9.59 Å². The van der Waals surface area contributed by atoms with Crippen molar-refractivity contribution >= 4 is 28.8 Å². The molecule has 1 aromatic heterocycles. The average Bonchev–Trinajstić information content (AvgIpc) is 3.03. The van der Waals surface area contributed by atoms with E-state index in [1.807, 2.05) is 35.8 Å². The molecule has 1 heterocycles. The van der Waals surface area contributed by atoms with Gasteiger partial charge in [-0.2, -0.15) is 11.3 Å². The minimum absolute atomic E-state index is 0.0874. The summed E-state index contributed by atoms with van der Waals surface area (Å²) in [5.41, 5.74) is 0.772. The van der Waals surface area contributed by atoms with Crippen LogP contribution in [0.1, 0.15) is 11.6 Å². The summed E-state index contributed by atoms with van der Waals surface area (Å²) < 4.78 is 26.3. The first-order valence-electron chi connectivity index (χ1n) is 7.11. The molecule has 0 radical (unpaired) electrons. The van der Waals surface area contributed by atoms with E-state index in [-0.39, 0.29) is 18.3 Å². The minimum Gasteiger partial charge on any atom is -0.346 e. The van der Waals surface area contributed by atoms with E-state index in [0.717, 1.165) is 17.7 Å². The molecule has 2 rings (SSSR count). The van der Waals surface area contributed by atoms with Crippen LogP contribution in [0.4, 0.5) is 14.5 Å². The molecule has 0 spiro atoms. The van der Waals surface area contributed by atoms with Crippen molar-refractivity contribution in [2.24, 2.45) is 0 Å². The minimum atomic E-state index is -1.01. The third-order valence-corrected chi connectivity index (χ3v) is 4.09. The molecule has 0 aliphatic heterocycles. The predicted octanol–water partition coefficient (Wildman–Crippen LogP) is 2.38. The van der Waals surface area contributed by atoms with Gasteiger partial charge in [0, 0.05) is 12.6 Å². The molecule has 1 unspecified atom stereocenters. The Morgan fingerprint density at radius 1 is 1.21 bits per heavy atom. The van der Waals surface area contributed by atoms with E-state index < -0.39 is 23.4 Å². The number of carbonyl (C=O) groups excluding carboxylic acids is 2. The fourth-order valence-corrected chi connectivity index (χ4v) is 2.81. The van der Waals surface area contributed by atoms with Crippen molar-refractivity contribution in [3.63, 3.8) is 0 Å². The standard InChI is InChI=1S/C16H17F2N3O2S/c1-21(2)14(10-5-6-24-9-10)8-19-15(22)16(23)20-13-4-3-11(17)7-12(13)18/h3-7,9,14H,8H2,1-2H3,(H,19,22)(H,20,23). The van der Waals surface area contributed by atoms with Crippen LogP contribution in [0, 0.1) is 11.6 Å². The maximum atomic E-state index is 13.5. The zero-order valence-corrected chi connectivity index (χ0v) is 14.0. The van der Waals surface area contributed by atoms with Crippen LogP contribution in [0.2, 0.25) is 0 Å². The maximum Gasteiger partial charge on any atom is 0.313 e. The number of halogens is 2. The molecule has 0 bridgehead atoms. The average molecular weight is 353 g/mol. The van der Waals surface area contributed by atoms with E-state index in [1.165, 1.54) is 11.3 Å². The summed E-state index contributed by atoms with van der Waals surface area (Å²) in [5, 5.41) is 8.53. The van der Waals surface area contributed by atoms with Crippen LogP contribution in [-0.4, -0.2) is 37.4 Å².